The highest BCUT2D eigenvalue weighted by atomic mass is 16.7. The SMILES string of the molecule is CC1CCC2=C(CO)C(=O)OC23CC(C)(C)C2OC123. The average Bonchev–Trinajstić information content (AvgIpc) is 2.98. The molecule has 19 heavy (non-hydrogen) atoms. The molecule has 4 nitrogen and oxygen atoms in total. The molecular formula is C15H20O4. The van der Waals surface area contributed by atoms with E-state index in [-0.39, 0.29) is 29.7 Å². The van der Waals surface area contributed by atoms with Crippen LogP contribution in [0.5, 0.6) is 0 Å². The lowest BCUT2D eigenvalue weighted by Crippen LogP contribution is -2.52. The van der Waals surface area contributed by atoms with Gasteiger partial charge in [0.2, 0.25) is 0 Å². The zero-order valence-corrected chi connectivity index (χ0v) is 11.7. The lowest BCUT2D eigenvalue weighted by Gasteiger charge is -2.42. The summed E-state index contributed by atoms with van der Waals surface area (Å²) in [5, 5.41) is 9.49. The Labute approximate surface area is 112 Å². The summed E-state index contributed by atoms with van der Waals surface area (Å²) in [7, 11) is 0. The molecule has 4 atom stereocenters. The molecule has 0 aromatic carbocycles. The maximum atomic E-state index is 12.1. The molecule has 0 bridgehead atoms. The molecule has 4 unspecified atom stereocenters. The number of carbonyl (C=O) groups is 1. The molecule has 2 heterocycles. The van der Waals surface area contributed by atoms with Crippen molar-refractivity contribution in [1.82, 2.24) is 0 Å². The maximum absolute atomic E-state index is 12.1. The first-order valence-electron chi connectivity index (χ1n) is 7.13. The highest BCUT2D eigenvalue weighted by Gasteiger charge is 2.85. The van der Waals surface area contributed by atoms with E-state index in [1.807, 2.05) is 0 Å². The Morgan fingerprint density at radius 1 is 1.42 bits per heavy atom. The summed E-state index contributed by atoms with van der Waals surface area (Å²) in [6.07, 6.45) is 2.84. The van der Waals surface area contributed by atoms with E-state index < -0.39 is 5.60 Å². The van der Waals surface area contributed by atoms with Gasteiger partial charge in [-0.3, -0.25) is 0 Å². The summed E-state index contributed by atoms with van der Waals surface area (Å²) in [6.45, 7) is 6.36. The summed E-state index contributed by atoms with van der Waals surface area (Å²) in [4.78, 5) is 12.1. The summed E-state index contributed by atoms with van der Waals surface area (Å²) >= 11 is 0. The molecule has 4 rings (SSSR count). The second-order valence-electron chi connectivity index (χ2n) is 7.23. The summed E-state index contributed by atoms with van der Waals surface area (Å²) in [6, 6.07) is 0. The van der Waals surface area contributed by atoms with Gasteiger partial charge in [0, 0.05) is 6.42 Å². The predicted octanol–water partition coefficient (Wildman–Crippen LogP) is 1.57. The number of aliphatic hydroxyl groups excluding tert-OH is 1. The van der Waals surface area contributed by atoms with Gasteiger partial charge in [-0.1, -0.05) is 20.8 Å². The normalized spacial score (nSPS) is 49.6. The van der Waals surface area contributed by atoms with Gasteiger partial charge in [0.15, 0.2) is 5.60 Å². The van der Waals surface area contributed by atoms with Crippen LogP contribution < -0.4 is 0 Å². The van der Waals surface area contributed by atoms with Crippen molar-refractivity contribution in [1.29, 1.82) is 0 Å². The predicted molar refractivity (Wildman–Crippen MR) is 67.3 cm³/mol. The molecule has 2 aliphatic heterocycles. The number of carbonyl (C=O) groups excluding carboxylic acids is 1. The zero-order valence-electron chi connectivity index (χ0n) is 11.7. The van der Waals surface area contributed by atoms with Gasteiger partial charge in [0.05, 0.1) is 18.3 Å². The number of esters is 1. The van der Waals surface area contributed by atoms with E-state index in [9.17, 15) is 9.90 Å². The Balaban J connectivity index is 1.93. The maximum Gasteiger partial charge on any atom is 0.337 e. The molecule has 4 aliphatic rings. The van der Waals surface area contributed by atoms with Crippen molar-refractivity contribution < 1.29 is 19.4 Å². The van der Waals surface area contributed by atoms with Crippen LogP contribution in [0.4, 0.5) is 0 Å². The molecule has 2 spiro atoms. The van der Waals surface area contributed by atoms with Crippen LogP contribution >= 0.6 is 0 Å². The number of rotatable bonds is 1. The molecule has 1 N–H and O–H groups in total. The van der Waals surface area contributed by atoms with Gasteiger partial charge in [0.1, 0.15) is 5.60 Å². The quantitative estimate of drug-likeness (QED) is 0.577. The first kappa shape index (κ1) is 11.9. The number of aliphatic hydroxyl groups is 1. The van der Waals surface area contributed by atoms with Gasteiger partial charge in [-0.25, -0.2) is 4.79 Å². The van der Waals surface area contributed by atoms with Gasteiger partial charge in [-0.05, 0) is 29.7 Å². The van der Waals surface area contributed by atoms with E-state index >= 15 is 0 Å². The first-order valence-corrected chi connectivity index (χ1v) is 7.13. The van der Waals surface area contributed by atoms with Gasteiger partial charge in [-0.2, -0.15) is 0 Å². The monoisotopic (exact) mass is 264 g/mol. The fraction of sp³-hybridized carbons (Fsp3) is 0.800. The second kappa shape index (κ2) is 3.07. The average molecular weight is 264 g/mol. The summed E-state index contributed by atoms with van der Waals surface area (Å²) in [5.74, 6) is 0.0618. The molecule has 0 radical (unpaired) electrons. The Morgan fingerprint density at radius 3 is 2.79 bits per heavy atom. The molecular weight excluding hydrogens is 244 g/mol. The Hall–Kier alpha value is -0.870. The minimum atomic E-state index is -0.589. The third-order valence-electron chi connectivity index (χ3n) is 5.77. The summed E-state index contributed by atoms with van der Waals surface area (Å²) < 4.78 is 12.0. The zero-order chi connectivity index (χ0) is 13.6. The molecule has 2 saturated carbocycles. The van der Waals surface area contributed by atoms with Crippen LogP contribution in [0.15, 0.2) is 11.1 Å². The largest absolute Gasteiger partial charge is 0.448 e. The Morgan fingerprint density at radius 2 is 2.16 bits per heavy atom. The van der Waals surface area contributed by atoms with E-state index in [4.69, 9.17) is 9.47 Å². The van der Waals surface area contributed by atoms with Crippen molar-refractivity contribution in [2.75, 3.05) is 6.61 Å². The van der Waals surface area contributed by atoms with E-state index in [0.717, 1.165) is 24.8 Å². The minimum Gasteiger partial charge on any atom is -0.448 e. The van der Waals surface area contributed by atoms with E-state index in [0.29, 0.717) is 11.5 Å². The van der Waals surface area contributed by atoms with Crippen LogP contribution in [0.25, 0.3) is 0 Å². The van der Waals surface area contributed by atoms with E-state index in [1.165, 1.54) is 0 Å². The Kier molecular flexibility index (Phi) is 1.92. The van der Waals surface area contributed by atoms with Gasteiger partial charge >= 0.3 is 5.97 Å². The van der Waals surface area contributed by atoms with Crippen LogP contribution in [0.2, 0.25) is 0 Å². The Bertz CT molecular complexity index is 520. The molecule has 3 fully saturated rings. The highest BCUT2D eigenvalue weighted by Crippen LogP contribution is 2.74. The molecule has 4 heteroatoms. The first-order chi connectivity index (χ1) is 8.89. The summed E-state index contributed by atoms with van der Waals surface area (Å²) in [5.41, 5.74) is 0.615. The standard InChI is InChI=1S/C15H20O4/c1-8-4-5-10-9(6-16)11(17)18-14(10)7-13(2,3)12-15(8,14)19-12/h8,12,16H,4-7H2,1-3H3. The molecule has 0 aromatic rings. The number of epoxide rings is 1. The second-order valence-corrected chi connectivity index (χ2v) is 7.23. The van der Waals surface area contributed by atoms with Crippen molar-refractivity contribution in [2.24, 2.45) is 11.3 Å². The van der Waals surface area contributed by atoms with Crippen molar-refractivity contribution in [2.45, 2.75) is 57.3 Å². The molecule has 0 aromatic heterocycles. The minimum absolute atomic E-state index is 0.0229. The molecule has 2 aliphatic carbocycles. The van der Waals surface area contributed by atoms with Crippen LogP contribution in [0, 0.1) is 11.3 Å². The van der Waals surface area contributed by atoms with Gasteiger partial charge in [0.25, 0.3) is 0 Å². The van der Waals surface area contributed by atoms with Gasteiger partial charge < -0.3 is 14.6 Å². The number of hydrogen-bond donors (Lipinski definition) is 1. The molecule has 0 amide bonds. The number of hydrogen-bond acceptors (Lipinski definition) is 4. The van der Waals surface area contributed by atoms with Crippen molar-refractivity contribution in [3.05, 3.63) is 11.1 Å². The van der Waals surface area contributed by atoms with Gasteiger partial charge in [-0.15, -0.1) is 0 Å². The van der Waals surface area contributed by atoms with Crippen LogP contribution in [-0.2, 0) is 14.3 Å². The van der Waals surface area contributed by atoms with E-state index in [2.05, 4.69) is 20.8 Å². The lowest BCUT2D eigenvalue weighted by atomic mass is 9.67. The lowest BCUT2D eigenvalue weighted by molar-refractivity contribution is -0.159. The fourth-order valence-electron chi connectivity index (χ4n) is 5.05. The van der Waals surface area contributed by atoms with Crippen LogP contribution in [0.3, 0.4) is 0 Å². The van der Waals surface area contributed by atoms with Crippen LogP contribution in [-0.4, -0.2) is 35.0 Å². The number of ether oxygens (including phenoxy) is 2. The smallest absolute Gasteiger partial charge is 0.337 e. The van der Waals surface area contributed by atoms with Crippen LogP contribution in [0.1, 0.15) is 40.0 Å². The highest BCUT2D eigenvalue weighted by molar-refractivity contribution is 5.94. The van der Waals surface area contributed by atoms with Crippen molar-refractivity contribution >= 4 is 5.97 Å². The topological polar surface area (TPSA) is 59.1 Å². The fourth-order valence-corrected chi connectivity index (χ4v) is 5.05. The van der Waals surface area contributed by atoms with Crippen molar-refractivity contribution in [3.8, 4) is 0 Å². The third-order valence-corrected chi connectivity index (χ3v) is 5.77. The third kappa shape index (κ3) is 1.05. The van der Waals surface area contributed by atoms with E-state index in [1.54, 1.807) is 0 Å². The molecule has 104 valence electrons. The van der Waals surface area contributed by atoms with Crippen molar-refractivity contribution in [3.63, 3.8) is 0 Å². The molecule has 1 saturated heterocycles.